The monoisotopic (exact) mass is 337 g/mol. The van der Waals surface area contributed by atoms with Crippen molar-refractivity contribution in [3.8, 4) is 0 Å². The van der Waals surface area contributed by atoms with E-state index >= 15 is 0 Å². The molecule has 116 valence electrons. The van der Waals surface area contributed by atoms with Gasteiger partial charge in [-0.15, -0.1) is 0 Å². The van der Waals surface area contributed by atoms with Crippen LogP contribution in [0.5, 0.6) is 0 Å². The molecule has 0 aliphatic rings. The molecule has 0 aromatic heterocycles. The first-order chi connectivity index (χ1) is 10.3. The summed E-state index contributed by atoms with van der Waals surface area (Å²) in [6.07, 6.45) is 1.09. The fourth-order valence-corrected chi connectivity index (χ4v) is 2.86. The molecule has 22 heavy (non-hydrogen) atoms. The van der Waals surface area contributed by atoms with Crippen LogP contribution in [0.2, 0.25) is 5.02 Å². The highest BCUT2D eigenvalue weighted by Crippen LogP contribution is 2.20. The van der Waals surface area contributed by atoms with E-state index in [0.717, 1.165) is 17.4 Å². The molecule has 6 heteroatoms. The van der Waals surface area contributed by atoms with E-state index in [1.807, 2.05) is 31.2 Å². The molecule has 2 aromatic carbocycles. The van der Waals surface area contributed by atoms with Gasteiger partial charge in [-0.2, -0.15) is 0 Å². The van der Waals surface area contributed by atoms with Crippen molar-refractivity contribution in [2.75, 3.05) is 6.26 Å². The normalized spacial score (nSPS) is 11.2. The van der Waals surface area contributed by atoms with Crippen LogP contribution in [0.1, 0.15) is 21.5 Å². The second-order valence-electron chi connectivity index (χ2n) is 5.09. The van der Waals surface area contributed by atoms with Crippen molar-refractivity contribution in [2.24, 2.45) is 0 Å². The van der Waals surface area contributed by atoms with Crippen LogP contribution in [0.3, 0.4) is 0 Å². The van der Waals surface area contributed by atoms with E-state index in [2.05, 4.69) is 5.32 Å². The Bertz CT molecular complexity index is 816. The smallest absolute Gasteiger partial charge is 0.253 e. The number of halogens is 1. The van der Waals surface area contributed by atoms with Gasteiger partial charge in [-0.1, -0.05) is 41.4 Å². The van der Waals surface area contributed by atoms with E-state index in [1.54, 1.807) is 0 Å². The molecule has 0 aliphatic heterocycles. The Labute approximate surface area is 135 Å². The number of carbonyl (C=O) groups is 1. The fraction of sp³-hybridized carbons (Fsp3) is 0.188. The number of amides is 1. The standard InChI is InChI=1S/C16H16ClNO3S/c1-11-4-3-5-12(8-11)10-18-16(19)14-9-13(22(2,20)21)6-7-15(14)17/h3-9H,10H2,1-2H3,(H,18,19). The molecule has 2 aromatic rings. The summed E-state index contributed by atoms with van der Waals surface area (Å²) >= 11 is 5.99. The van der Waals surface area contributed by atoms with Crippen molar-refractivity contribution >= 4 is 27.3 Å². The van der Waals surface area contributed by atoms with Crippen LogP contribution >= 0.6 is 11.6 Å². The van der Waals surface area contributed by atoms with E-state index in [9.17, 15) is 13.2 Å². The molecule has 0 unspecified atom stereocenters. The molecule has 0 fully saturated rings. The van der Waals surface area contributed by atoms with E-state index in [4.69, 9.17) is 11.6 Å². The lowest BCUT2D eigenvalue weighted by molar-refractivity contribution is 0.0951. The Morgan fingerprint density at radius 1 is 1.18 bits per heavy atom. The van der Waals surface area contributed by atoms with Gasteiger partial charge in [0.1, 0.15) is 0 Å². The lowest BCUT2D eigenvalue weighted by Gasteiger charge is -2.09. The molecule has 0 heterocycles. The summed E-state index contributed by atoms with van der Waals surface area (Å²) in [4.78, 5) is 12.3. The lowest BCUT2D eigenvalue weighted by Crippen LogP contribution is -2.23. The topological polar surface area (TPSA) is 63.2 Å². The van der Waals surface area contributed by atoms with Gasteiger partial charge in [0.25, 0.3) is 5.91 Å². The van der Waals surface area contributed by atoms with E-state index in [1.165, 1.54) is 18.2 Å². The van der Waals surface area contributed by atoms with Gasteiger partial charge in [0.05, 0.1) is 15.5 Å². The minimum absolute atomic E-state index is 0.0672. The molecular formula is C16H16ClNO3S. The lowest BCUT2D eigenvalue weighted by atomic mass is 10.1. The molecular weight excluding hydrogens is 322 g/mol. The number of benzene rings is 2. The molecule has 4 nitrogen and oxygen atoms in total. The number of nitrogens with one attached hydrogen (secondary N) is 1. The van der Waals surface area contributed by atoms with Crippen LogP contribution in [0.15, 0.2) is 47.4 Å². The maximum atomic E-state index is 12.2. The zero-order valence-corrected chi connectivity index (χ0v) is 13.8. The summed E-state index contributed by atoms with van der Waals surface area (Å²) in [6, 6.07) is 11.8. The van der Waals surface area contributed by atoms with Gasteiger partial charge < -0.3 is 5.32 Å². The molecule has 2 rings (SSSR count). The maximum Gasteiger partial charge on any atom is 0.253 e. The Morgan fingerprint density at radius 2 is 1.91 bits per heavy atom. The third-order valence-electron chi connectivity index (χ3n) is 3.15. The quantitative estimate of drug-likeness (QED) is 0.932. The largest absolute Gasteiger partial charge is 0.348 e. The highest BCUT2D eigenvalue weighted by Gasteiger charge is 2.15. The van der Waals surface area contributed by atoms with Gasteiger partial charge >= 0.3 is 0 Å². The Kier molecular flexibility index (Phi) is 4.88. The minimum atomic E-state index is -3.39. The first-order valence-electron chi connectivity index (χ1n) is 6.61. The van der Waals surface area contributed by atoms with Crippen molar-refractivity contribution in [1.82, 2.24) is 5.32 Å². The number of sulfone groups is 1. The molecule has 0 atom stereocenters. The number of hydrogen-bond donors (Lipinski definition) is 1. The van der Waals surface area contributed by atoms with E-state index in [0.29, 0.717) is 6.54 Å². The average molecular weight is 338 g/mol. The molecule has 0 saturated heterocycles. The minimum Gasteiger partial charge on any atom is -0.348 e. The molecule has 1 N–H and O–H groups in total. The summed E-state index contributed by atoms with van der Waals surface area (Å²) in [6.45, 7) is 2.32. The van der Waals surface area contributed by atoms with Gasteiger partial charge in [-0.25, -0.2) is 8.42 Å². The number of aryl methyl sites for hydroxylation is 1. The first-order valence-corrected chi connectivity index (χ1v) is 8.87. The second-order valence-corrected chi connectivity index (χ2v) is 7.51. The number of carbonyl (C=O) groups excluding carboxylic acids is 1. The van der Waals surface area contributed by atoms with Crippen molar-refractivity contribution in [3.05, 3.63) is 64.2 Å². The van der Waals surface area contributed by atoms with Gasteiger partial charge in [-0.05, 0) is 30.7 Å². The third-order valence-corrected chi connectivity index (χ3v) is 4.59. The Morgan fingerprint density at radius 3 is 2.55 bits per heavy atom. The molecule has 1 amide bonds. The average Bonchev–Trinajstić information content (AvgIpc) is 2.44. The zero-order chi connectivity index (χ0) is 16.3. The van der Waals surface area contributed by atoms with Crippen LogP contribution in [-0.2, 0) is 16.4 Å². The van der Waals surface area contributed by atoms with E-state index in [-0.39, 0.29) is 15.5 Å². The first kappa shape index (κ1) is 16.5. The summed E-state index contributed by atoms with van der Waals surface area (Å²) in [7, 11) is -3.39. The maximum absolute atomic E-state index is 12.2. The van der Waals surface area contributed by atoms with Crippen molar-refractivity contribution in [3.63, 3.8) is 0 Å². The van der Waals surface area contributed by atoms with Gasteiger partial charge in [-0.3, -0.25) is 4.79 Å². The predicted octanol–water partition coefficient (Wildman–Crippen LogP) is 2.98. The predicted molar refractivity (Wildman–Crippen MR) is 86.9 cm³/mol. The summed E-state index contributed by atoms with van der Waals surface area (Å²) < 4.78 is 23.1. The molecule has 0 spiro atoms. The van der Waals surface area contributed by atoms with Crippen molar-refractivity contribution in [1.29, 1.82) is 0 Å². The van der Waals surface area contributed by atoms with Crippen LogP contribution in [0.25, 0.3) is 0 Å². The third kappa shape index (κ3) is 4.08. The molecule has 0 saturated carbocycles. The fourth-order valence-electron chi connectivity index (χ4n) is 2.01. The molecule has 0 aliphatic carbocycles. The highest BCUT2D eigenvalue weighted by atomic mass is 35.5. The SMILES string of the molecule is Cc1cccc(CNC(=O)c2cc(S(C)(=O)=O)ccc2Cl)c1. The number of rotatable bonds is 4. The van der Waals surface area contributed by atoms with Crippen LogP contribution in [0.4, 0.5) is 0 Å². The van der Waals surface area contributed by atoms with Gasteiger partial charge in [0.15, 0.2) is 9.84 Å². The van der Waals surface area contributed by atoms with Gasteiger partial charge in [0, 0.05) is 12.8 Å². The van der Waals surface area contributed by atoms with Crippen LogP contribution < -0.4 is 5.32 Å². The zero-order valence-electron chi connectivity index (χ0n) is 12.3. The summed E-state index contributed by atoms with van der Waals surface area (Å²) in [5, 5.41) is 2.96. The Hall–Kier alpha value is -1.85. The van der Waals surface area contributed by atoms with E-state index < -0.39 is 15.7 Å². The van der Waals surface area contributed by atoms with Gasteiger partial charge in [0.2, 0.25) is 0 Å². The number of hydrogen-bond acceptors (Lipinski definition) is 3. The molecule has 0 radical (unpaired) electrons. The molecule has 0 bridgehead atoms. The van der Waals surface area contributed by atoms with Crippen LogP contribution in [-0.4, -0.2) is 20.6 Å². The summed E-state index contributed by atoms with van der Waals surface area (Å²) in [5.74, 6) is -0.406. The van der Waals surface area contributed by atoms with Crippen molar-refractivity contribution in [2.45, 2.75) is 18.4 Å². The highest BCUT2D eigenvalue weighted by molar-refractivity contribution is 7.90. The Balaban J connectivity index is 2.19. The summed E-state index contributed by atoms with van der Waals surface area (Å²) in [5.41, 5.74) is 2.21. The van der Waals surface area contributed by atoms with Crippen molar-refractivity contribution < 1.29 is 13.2 Å². The second kappa shape index (κ2) is 6.50. The van der Waals surface area contributed by atoms with Crippen LogP contribution in [0, 0.1) is 6.92 Å².